The predicted molar refractivity (Wildman–Crippen MR) is 60.4 cm³/mol. The molecule has 0 aromatic carbocycles. The monoisotopic (exact) mass is 245 g/mol. The summed E-state index contributed by atoms with van der Waals surface area (Å²) in [5.74, 6) is 0. The van der Waals surface area contributed by atoms with Crippen LogP contribution < -0.4 is 0 Å². The van der Waals surface area contributed by atoms with Gasteiger partial charge in [-0.2, -0.15) is 0 Å². The van der Waals surface area contributed by atoms with Crippen LogP contribution in [0, 0.1) is 0 Å². The summed E-state index contributed by atoms with van der Waals surface area (Å²) < 4.78 is 19.1. The van der Waals surface area contributed by atoms with Gasteiger partial charge in [-0.1, -0.05) is 0 Å². The maximum Gasteiger partial charge on any atom is 0.410 e. The summed E-state index contributed by atoms with van der Waals surface area (Å²) in [5.41, 5.74) is -0.571. The molecule has 1 unspecified atom stereocenters. The molecule has 98 valence electrons. The summed E-state index contributed by atoms with van der Waals surface area (Å²) in [6, 6.07) is -0.588. The van der Waals surface area contributed by atoms with Crippen LogP contribution in [-0.4, -0.2) is 46.1 Å². The van der Waals surface area contributed by atoms with Crippen molar-refractivity contribution in [3.63, 3.8) is 0 Å². The number of aliphatic hydroxyl groups is 1. The average molecular weight is 245 g/mol. The highest BCUT2D eigenvalue weighted by Gasteiger charge is 2.50. The topological polar surface area (TPSA) is 49.8 Å². The van der Waals surface area contributed by atoms with Crippen LogP contribution in [0.5, 0.6) is 0 Å². The van der Waals surface area contributed by atoms with Crippen LogP contribution in [0.4, 0.5) is 9.18 Å². The van der Waals surface area contributed by atoms with E-state index < -0.39 is 30.0 Å². The largest absolute Gasteiger partial charge is 0.444 e. The molecule has 2 fully saturated rings. The van der Waals surface area contributed by atoms with E-state index >= 15 is 0 Å². The Morgan fingerprint density at radius 3 is 2.65 bits per heavy atom. The summed E-state index contributed by atoms with van der Waals surface area (Å²) in [7, 11) is 0. The molecule has 1 N–H and O–H groups in total. The van der Waals surface area contributed by atoms with Gasteiger partial charge in [-0.15, -0.1) is 0 Å². The van der Waals surface area contributed by atoms with Crippen LogP contribution in [0.3, 0.4) is 0 Å². The first kappa shape index (κ1) is 12.6. The van der Waals surface area contributed by atoms with Crippen LogP contribution in [0.25, 0.3) is 0 Å². The Kier molecular flexibility index (Phi) is 3.06. The summed E-state index contributed by atoms with van der Waals surface area (Å²) in [5, 5.41) is 9.54. The molecule has 0 aromatic heterocycles. The smallest absolute Gasteiger partial charge is 0.410 e. The van der Waals surface area contributed by atoms with E-state index in [9.17, 15) is 14.3 Å². The molecule has 2 saturated heterocycles. The van der Waals surface area contributed by atoms with Crippen molar-refractivity contribution in [1.82, 2.24) is 4.90 Å². The van der Waals surface area contributed by atoms with Crippen molar-refractivity contribution in [3.05, 3.63) is 0 Å². The Morgan fingerprint density at radius 1 is 1.41 bits per heavy atom. The minimum absolute atomic E-state index is 0.0724. The van der Waals surface area contributed by atoms with Gasteiger partial charge in [0.15, 0.2) is 0 Å². The molecule has 2 aliphatic heterocycles. The third-order valence-corrected chi connectivity index (χ3v) is 3.40. The minimum atomic E-state index is -1.35. The molecule has 0 radical (unpaired) electrons. The number of halogens is 1. The van der Waals surface area contributed by atoms with Crippen LogP contribution in [0.1, 0.15) is 40.0 Å². The first-order valence-corrected chi connectivity index (χ1v) is 6.13. The second-order valence-electron chi connectivity index (χ2n) is 5.93. The second kappa shape index (κ2) is 4.12. The number of aliphatic hydroxyl groups excluding tert-OH is 1. The SMILES string of the molecule is CC(C)(C)OC(=O)N1[C@H]2CC[C@@H]1[C@@H](F)C(O)C2. The van der Waals surface area contributed by atoms with Gasteiger partial charge in [-0.3, -0.25) is 4.90 Å². The molecule has 0 aliphatic carbocycles. The fourth-order valence-corrected chi connectivity index (χ4v) is 2.72. The summed E-state index contributed by atoms with van der Waals surface area (Å²) in [6.45, 7) is 5.37. The normalized spacial score (nSPS) is 37.1. The van der Waals surface area contributed by atoms with Crippen molar-refractivity contribution in [2.24, 2.45) is 0 Å². The Morgan fingerprint density at radius 2 is 2.06 bits per heavy atom. The number of hydrogen-bond acceptors (Lipinski definition) is 3. The molecule has 2 heterocycles. The maximum absolute atomic E-state index is 13.8. The van der Waals surface area contributed by atoms with Gasteiger partial charge < -0.3 is 9.84 Å². The number of carbonyl (C=O) groups excluding carboxylic acids is 1. The molecule has 2 aliphatic rings. The zero-order chi connectivity index (χ0) is 12.8. The molecule has 17 heavy (non-hydrogen) atoms. The van der Waals surface area contributed by atoms with Gasteiger partial charge in [0.1, 0.15) is 11.8 Å². The molecule has 0 saturated carbocycles. The molecule has 4 atom stereocenters. The predicted octanol–water partition coefficient (Wildman–Crippen LogP) is 1.86. The number of amides is 1. The van der Waals surface area contributed by atoms with E-state index in [0.717, 1.165) is 6.42 Å². The maximum atomic E-state index is 13.8. The van der Waals surface area contributed by atoms with Crippen molar-refractivity contribution in [1.29, 1.82) is 0 Å². The molecule has 4 nitrogen and oxygen atoms in total. The standard InChI is InChI=1S/C12H20FNO3/c1-12(2,3)17-11(16)14-7-4-5-8(14)10(13)9(15)6-7/h7-10,15H,4-6H2,1-3H3/t7-,8+,9?,10+/m0/s1. The van der Waals surface area contributed by atoms with Gasteiger partial charge in [0, 0.05) is 6.04 Å². The number of alkyl halides is 1. The zero-order valence-electron chi connectivity index (χ0n) is 10.5. The van der Waals surface area contributed by atoms with Crippen LogP contribution >= 0.6 is 0 Å². The number of carbonyl (C=O) groups is 1. The highest BCUT2D eigenvalue weighted by Crippen LogP contribution is 2.38. The lowest BCUT2D eigenvalue weighted by Crippen LogP contribution is -2.55. The van der Waals surface area contributed by atoms with Crippen molar-refractivity contribution in [2.45, 2.75) is 70.0 Å². The van der Waals surface area contributed by atoms with Crippen LogP contribution in [0.15, 0.2) is 0 Å². The summed E-state index contributed by atoms with van der Waals surface area (Å²) in [4.78, 5) is 13.5. The molecule has 5 heteroatoms. The highest BCUT2D eigenvalue weighted by molar-refractivity contribution is 5.69. The van der Waals surface area contributed by atoms with Gasteiger partial charge in [0.2, 0.25) is 0 Å². The van der Waals surface area contributed by atoms with E-state index in [1.165, 1.54) is 4.90 Å². The van der Waals surface area contributed by atoms with Gasteiger partial charge in [-0.05, 0) is 40.0 Å². The van der Waals surface area contributed by atoms with E-state index in [0.29, 0.717) is 12.8 Å². The fourth-order valence-electron chi connectivity index (χ4n) is 2.72. The van der Waals surface area contributed by atoms with E-state index in [4.69, 9.17) is 4.74 Å². The Balaban J connectivity index is 2.10. The highest BCUT2D eigenvalue weighted by atomic mass is 19.1. The minimum Gasteiger partial charge on any atom is -0.444 e. The lowest BCUT2D eigenvalue weighted by Gasteiger charge is -2.39. The van der Waals surface area contributed by atoms with Crippen molar-refractivity contribution < 1.29 is 19.0 Å². The molecular weight excluding hydrogens is 225 g/mol. The fraction of sp³-hybridized carbons (Fsp3) is 0.917. The summed E-state index contributed by atoms with van der Waals surface area (Å²) >= 11 is 0. The van der Waals surface area contributed by atoms with Crippen molar-refractivity contribution >= 4 is 6.09 Å². The molecular formula is C12H20FNO3. The number of fused-ring (bicyclic) bond motifs is 2. The summed E-state index contributed by atoms with van der Waals surface area (Å²) in [6.07, 6.45) is -1.06. The van der Waals surface area contributed by atoms with Gasteiger partial charge in [-0.25, -0.2) is 9.18 Å². The molecule has 0 spiro atoms. The van der Waals surface area contributed by atoms with Crippen LogP contribution in [0.2, 0.25) is 0 Å². The van der Waals surface area contributed by atoms with E-state index in [-0.39, 0.29) is 6.04 Å². The Labute approximate surface area is 101 Å². The first-order chi connectivity index (χ1) is 7.79. The van der Waals surface area contributed by atoms with Crippen LogP contribution in [-0.2, 0) is 4.74 Å². The van der Waals surface area contributed by atoms with E-state index in [1.807, 2.05) is 0 Å². The number of nitrogens with zero attached hydrogens (tertiary/aromatic N) is 1. The first-order valence-electron chi connectivity index (χ1n) is 6.13. The van der Waals surface area contributed by atoms with Gasteiger partial charge >= 0.3 is 6.09 Å². The molecule has 2 bridgehead atoms. The number of ether oxygens (including phenoxy) is 1. The number of rotatable bonds is 0. The molecule has 2 rings (SSSR count). The molecule has 1 amide bonds. The second-order valence-corrected chi connectivity index (χ2v) is 5.93. The van der Waals surface area contributed by atoms with Crippen molar-refractivity contribution in [3.8, 4) is 0 Å². The Hall–Kier alpha value is -0.840. The molecule has 0 aromatic rings. The third kappa shape index (κ3) is 2.39. The lowest BCUT2D eigenvalue weighted by atomic mass is 9.98. The lowest BCUT2D eigenvalue weighted by molar-refractivity contribution is -0.0478. The van der Waals surface area contributed by atoms with E-state index in [1.54, 1.807) is 20.8 Å². The average Bonchev–Trinajstić information content (AvgIpc) is 2.51. The zero-order valence-corrected chi connectivity index (χ0v) is 10.5. The van der Waals surface area contributed by atoms with Gasteiger partial charge in [0.25, 0.3) is 0 Å². The van der Waals surface area contributed by atoms with E-state index in [2.05, 4.69) is 0 Å². The van der Waals surface area contributed by atoms with Gasteiger partial charge in [0.05, 0.1) is 12.1 Å². The van der Waals surface area contributed by atoms with Crippen molar-refractivity contribution in [2.75, 3.05) is 0 Å². The number of hydrogen-bond donors (Lipinski definition) is 1. The Bertz CT molecular complexity index is 315. The number of piperidine rings is 1. The third-order valence-electron chi connectivity index (χ3n) is 3.40. The quantitative estimate of drug-likeness (QED) is 0.708.